The van der Waals surface area contributed by atoms with Crippen molar-refractivity contribution in [3.05, 3.63) is 11.6 Å². The maximum Gasteiger partial charge on any atom is 0.0214 e. The Morgan fingerprint density at radius 2 is 2.11 bits per heavy atom. The minimum absolute atomic E-state index is 0.669. The molecule has 0 heterocycles. The number of allylic oxidation sites excluding steroid dienone is 2. The molecule has 0 saturated heterocycles. The molecular weight excluding hydrogens is 244 g/mol. The van der Waals surface area contributed by atoms with Crippen molar-refractivity contribution in [1.29, 1.82) is 0 Å². The van der Waals surface area contributed by atoms with Crippen LogP contribution in [0.2, 0.25) is 0 Å². The summed E-state index contributed by atoms with van der Waals surface area (Å²) in [5.74, 6) is 0.669. The summed E-state index contributed by atoms with van der Waals surface area (Å²) in [4.78, 5) is 0. The Labute approximate surface area is 74.0 Å². The van der Waals surface area contributed by atoms with Gasteiger partial charge in [0.05, 0.1) is 0 Å². The van der Waals surface area contributed by atoms with Crippen molar-refractivity contribution in [2.24, 2.45) is 5.92 Å². The number of hydrogen-bond acceptors (Lipinski definition) is 0. The minimum atomic E-state index is 0.669. The van der Waals surface area contributed by atoms with Crippen LogP contribution in [0, 0.1) is 5.92 Å². The fourth-order valence-corrected chi connectivity index (χ4v) is 1.47. The lowest BCUT2D eigenvalue weighted by Gasteiger charge is -2.05. The van der Waals surface area contributed by atoms with Crippen LogP contribution in [0.25, 0.3) is 0 Å². The molecule has 0 aromatic carbocycles. The molecule has 0 aromatic rings. The van der Waals surface area contributed by atoms with Crippen LogP contribution in [0.3, 0.4) is 0 Å². The van der Waals surface area contributed by atoms with Gasteiger partial charge in [-0.05, 0) is 12.8 Å². The van der Waals surface area contributed by atoms with Crippen LogP contribution in [0.15, 0.2) is 11.6 Å². The fourth-order valence-electron chi connectivity index (χ4n) is 0.445. The molecule has 1 atom stereocenters. The fraction of sp³-hybridized carbons (Fsp3) is 0.714. The van der Waals surface area contributed by atoms with Crippen LogP contribution in [-0.2, 0) is 0 Å². The van der Waals surface area contributed by atoms with Gasteiger partial charge < -0.3 is 0 Å². The van der Waals surface area contributed by atoms with E-state index in [1.807, 2.05) is 0 Å². The summed E-state index contributed by atoms with van der Waals surface area (Å²) in [5, 5.41) is 2.03. The quantitative estimate of drug-likeness (QED) is 0.536. The van der Waals surface area contributed by atoms with Crippen LogP contribution in [0.5, 0.6) is 0 Å². The maximum atomic E-state index is 3.43. The van der Waals surface area contributed by atoms with Crippen molar-refractivity contribution >= 4 is 31.9 Å². The van der Waals surface area contributed by atoms with Gasteiger partial charge in [-0.25, -0.2) is 0 Å². The molecule has 0 saturated carbocycles. The Kier molecular flexibility index (Phi) is 5.91. The number of halogens is 2. The predicted octanol–water partition coefficient (Wildman–Crippen LogP) is 3.36. The van der Waals surface area contributed by atoms with E-state index in [4.69, 9.17) is 0 Å². The Morgan fingerprint density at radius 3 is 2.44 bits per heavy atom. The van der Waals surface area contributed by atoms with E-state index in [0.29, 0.717) is 5.92 Å². The molecule has 2 heteroatoms. The van der Waals surface area contributed by atoms with Crippen molar-refractivity contribution < 1.29 is 0 Å². The van der Waals surface area contributed by atoms with Crippen LogP contribution < -0.4 is 0 Å². The summed E-state index contributed by atoms with van der Waals surface area (Å²) < 4.78 is 0. The predicted molar refractivity (Wildman–Crippen MR) is 50.5 cm³/mol. The SMILES string of the molecule is CC(=CCBr)[C@H](C)CBr. The molecule has 0 rings (SSSR count). The summed E-state index contributed by atoms with van der Waals surface area (Å²) in [6.07, 6.45) is 2.20. The number of alkyl halides is 2. The summed E-state index contributed by atoms with van der Waals surface area (Å²) in [7, 11) is 0. The molecule has 0 aliphatic heterocycles. The van der Waals surface area contributed by atoms with E-state index < -0.39 is 0 Å². The van der Waals surface area contributed by atoms with Gasteiger partial charge >= 0.3 is 0 Å². The molecule has 0 fully saturated rings. The van der Waals surface area contributed by atoms with Crippen LogP contribution in [0.1, 0.15) is 13.8 Å². The Bertz CT molecular complexity index is 97.1. The van der Waals surface area contributed by atoms with Gasteiger partial charge in [-0.15, -0.1) is 0 Å². The highest BCUT2D eigenvalue weighted by molar-refractivity contribution is 9.09. The lowest BCUT2D eigenvalue weighted by atomic mass is 10.1. The molecule has 0 unspecified atom stereocenters. The normalized spacial score (nSPS) is 15.8. The largest absolute Gasteiger partial charge is 0.0922 e. The monoisotopic (exact) mass is 254 g/mol. The smallest absolute Gasteiger partial charge is 0.0214 e. The Hall–Kier alpha value is 0.700. The minimum Gasteiger partial charge on any atom is -0.0922 e. The van der Waals surface area contributed by atoms with Gasteiger partial charge in [0.25, 0.3) is 0 Å². The van der Waals surface area contributed by atoms with Gasteiger partial charge in [0, 0.05) is 10.7 Å². The molecule has 54 valence electrons. The zero-order chi connectivity index (χ0) is 7.28. The summed E-state index contributed by atoms with van der Waals surface area (Å²) in [6, 6.07) is 0. The van der Waals surface area contributed by atoms with Gasteiger partial charge in [0.2, 0.25) is 0 Å². The van der Waals surface area contributed by atoms with E-state index in [-0.39, 0.29) is 0 Å². The van der Waals surface area contributed by atoms with Crippen LogP contribution >= 0.6 is 31.9 Å². The molecule has 9 heavy (non-hydrogen) atoms. The van der Waals surface area contributed by atoms with Crippen molar-refractivity contribution in [1.82, 2.24) is 0 Å². The standard InChI is InChI=1S/C7H12Br2/c1-6(3-4-8)7(2)5-9/h3,7H,4-5H2,1-2H3/t7-/m1/s1. The number of hydrogen-bond donors (Lipinski definition) is 0. The zero-order valence-corrected chi connectivity index (χ0v) is 9.00. The molecule has 0 amide bonds. The highest BCUT2D eigenvalue weighted by atomic mass is 79.9. The molecule has 0 bridgehead atoms. The topological polar surface area (TPSA) is 0 Å². The summed E-state index contributed by atoms with van der Waals surface area (Å²) in [6.45, 7) is 4.37. The van der Waals surface area contributed by atoms with E-state index >= 15 is 0 Å². The highest BCUT2D eigenvalue weighted by Gasteiger charge is 1.99. The van der Waals surface area contributed by atoms with E-state index in [9.17, 15) is 0 Å². The van der Waals surface area contributed by atoms with Gasteiger partial charge in [-0.2, -0.15) is 0 Å². The molecule has 0 spiro atoms. The number of rotatable bonds is 3. The van der Waals surface area contributed by atoms with Gasteiger partial charge in [-0.1, -0.05) is 50.4 Å². The second kappa shape index (κ2) is 5.48. The molecule has 0 N–H and O–H groups in total. The highest BCUT2D eigenvalue weighted by Crippen LogP contribution is 2.11. The molecule has 0 nitrogen and oxygen atoms in total. The van der Waals surface area contributed by atoms with E-state index in [0.717, 1.165) is 10.7 Å². The van der Waals surface area contributed by atoms with E-state index in [2.05, 4.69) is 51.8 Å². The first-order valence-electron chi connectivity index (χ1n) is 3.01. The van der Waals surface area contributed by atoms with Crippen LogP contribution in [0.4, 0.5) is 0 Å². The van der Waals surface area contributed by atoms with Gasteiger partial charge in [-0.3, -0.25) is 0 Å². The lowest BCUT2D eigenvalue weighted by Crippen LogP contribution is -1.96. The third kappa shape index (κ3) is 4.15. The Morgan fingerprint density at radius 1 is 1.56 bits per heavy atom. The first-order valence-corrected chi connectivity index (χ1v) is 5.25. The molecular formula is C7H12Br2. The molecule has 0 radical (unpaired) electrons. The van der Waals surface area contributed by atoms with Crippen molar-refractivity contribution in [2.75, 3.05) is 10.7 Å². The second-order valence-electron chi connectivity index (χ2n) is 2.16. The Balaban J connectivity index is 3.70. The average Bonchev–Trinajstić information content (AvgIpc) is 1.87. The van der Waals surface area contributed by atoms with Crippen LogP contribution in [-0.4, -0.2) is 10.7 Å². The van der Waals surface area contributed by atoms with Gasteiger partial charge in [0.1, 0.15) is 0 Å². The zero-order valence-electron chi connectivity index (χ0n) is 5.82. The first-order chi connectivity index (χ1) is 4.22. The maximum absolute atomic E-state index is 3.43. The third-order valence-corrected chi connectivity index (χ3v) is 2.70. The molecule has 0 aromatic heterocycles. The van der Waals surface area contributed by atoms with Crippen molar-refractivity contribution in [3.63, 3.8) is 0 Å². The summed E-state index contributed by atoms with van der Waals surface area (Å²) in [5.41, 5.74) is 1.45. The molecule has 0 aliphatic rings. The molecule has 0 aliphatic carbocycles. The second-order valence-corrected chi connectivity index (χ2v) is 3.45. The summed E-state index contributed by atoms with van der Waals surface area (Å²) >= 11 is 6.78. The van der Waals surface area contributed by atoms with Gasteiger partial charge in [0.15, 0.2) is 0 Å². The lowest BCUT2D eigenvalue weighted by molar-refractivity contribution is 0.787. The van der Waals surface area contributed by atoms with Crippen molar-refractivity contribution in [3.8, 4) is 0 Å². The van der Waals surface area contributed by atoms with E-state index in [1.165, 1.54) is 5.57 Å². The van der Waals surface area contributed by atoms with E-state index in [1.54, 1.807) is 0 Å². The van der Waals surface area contributed by atoms with Crippen molar-refractivity contribution in [2.45, 2.75) is 13.8 Å². The first kappa shape index (κ1) is 9.70. The average molecular weight is 256 g/mol. The third-order valence-electron chi connectivity index (χ3n) is 1.41.